The second-order valence-electron chi connectivity index (χ2n) is 5.82. The van der Waals surface area contributed by atoms with E-state index in [0.29, 0.717) is 12.5 Å². The summed E-state index contributed by atoms with van der Waals surface area (Å²) in [5.41, 5.74) is 0. The first-order chi connectivity index (χ1) is 11.3. The standard InChI is InChI=1S/C16H22N4OS2/c21-15(17-12-5-2-1-3-6-12)8-10-23-16-18-14(19-20-16)11-13-7-4-9-22-13/h4,7,9,12H,1-3,5-6,8,10-11H2,(H,17,21)(H,18,19,20). The van der Waals surface area contributed by atoms with Crippen LogP contribution in [0, 0.1) is 0 Å². The number of hydrogen-bond acceptors (Lipinski definition) is 5. The lowest BCUT2D eigenvalue weighted by Gasteiger charge is -2.22. The maximum Gasteiger partial charge on any atom is 0.221 e. The van der Waals surface area contributed by atoms with Gasteiger partial charge >= 0.3 is 0 Å². The maximum atomic E-state index is 11.9. The lowest BCUT2D eigenvalue weighted by atomic mass is 9.95. The fraction of sp³-hybridized carbons (Fsp3) is 0.562. The fourth-order valence-electron chi connectivity index (χ4n) is 2.78. The topological polar surface area (TPSA) is 70.7 Å². The molecule has 7 heteroatoms. The Morgan fingerprint density at radius 2 is 2.26 bits per heavy atom. The second kappa shape index (κ2) is 8.49. The highest BCUT2D eigenvalue weighted by atomic mass is 32.2. The molecule has 23 heavy (non-hydrogen) atoms. The first kappa shape index (κ1) is 16.5. The van der Waals surface area contributed by atoms with Crippen LogP contribution in [0.5, 0.6) is 0 Å². The van der Waals surface area contributed by atoms with E-state index in [1.165, 1.54) is 35.9 Å². The number of carbonyl (C=O) groups excluding carboxylic acids is 1. The highest BCUT2D eigenvalue weighted by Crippen LogP contribution is 2.19. The minimum Gasteiger partial charge on any atom is -0.353 e. The van der Waals surface area contributed by atoms with E-state index in [9.17, 15) is 4.79 Å². The van der Waals surface area contributed by atoms with Crippen LogP contribution in [0.3, 0.4) is 0 Å². The molecular formula is C16H22N4OS2. The number of aromatic amines is 1. The molecule has 0 unspecified atom stereocenters. The minimum atomic E-state index is 0.152. The van der Waals surface area contributed by atoms with Gasteiger partial charge in [0.05, 0.1) is 0 Å². The molecule has 0 spiro atoms. The largest absolute Gasteiger partial charge is 0.353 e. The number of rotatable bonds is 7. The number of carbonyl (C=O) groups is 1. The number of nitrogens with zero attached hydrogens (tertiary/aromatic N) is 2. The predicted octanol–water partition coefficient (Wildman–Crippen LogP) is 3.39. The van der Waals surface area contributed by atoms with Gasteiger partial charge in [0, 0.05) is 29.5 Å². The Hall–Kier alpha value is -1.34. The van der Waals surface area contributed by atoms with Crippen molar-refractivity contribution >= 4 is 29.0 Å². The molecule has 0 radical (unpaired) electrons. The van der Waals surface area contributed by atoms with Crippen LogP contribution >= 0.6 is 23.1 Å². The third kappa shape index (κ3) is 5.35. The fourth-order valence-corrected chi connectivity index (χ4v) is 4.25. The number of aromatic nitrogens is 3. The Labute approximate surface area is 144 Å². The van der Waals surface area contributed by atoms with Crippen LogP contribution in [0.4, 0.5) is 0 Å². The van der Waals surface area contributed by atoms with Gasteiger partial charge < -0.3 is 5.32 Å². The van der Waals surface area contributed by atoms with E-state index in [0.717, 1.165) is 36.0 Å². The Morgan fingerprint density at radius 3 is 3.04 bits per heavy atom. The summed E-state index contributed by atoms with van der Waals surface area (Å²) in [6.45, 7) is 0. The van der Waals surface area contributed by atoms with Crippen LogP contribution in [0.15, 0.2) is 22.7 Å². The third-order valence-corrected chi connectivity index (χ3v) is 5.69. The molecule has 124 valence electrons. The highest BCUT2D eigenvalue weighted by molar-refractivity contribution is 7.99. The van der Waals surface area contributed by atoms with Crippen LogP contribution in [0.1, 0.15) is 49.2 Å². The van der Waals surface area contributed by atoms with Gasteiger partial charge in [-0.1, -0.05) is 37.1 Å². The molecule has 3 rings (SSSR count). The average Bonchev–Trinajstić information content (AvgIpc) is 3.21. The summed E-state index contributed by atoms with van der Waals surface area (Å²) in [5.74, 6) is 1.75. The van der Waals surface area contributed by atoms with Crippen LogP contribution in [0.25, 0.3) is 0 Å². The number of thiophene rings is 1. The van der Waals surface area contributed by atoms with Crippen molar-refractivity contribution in [3.05, 3.63) is 28.2 Å². The molecule has 2 heterocycles. The van der Waals surface area contributed by atoms with Crippen LogP contribution in [0.2, 0.25) is 0 Å². The molecule has 2 aromatic heterocycles. The quantitative estimate of drug-likeness (QED) is 0.751. The molecular weight excluding hydrogens is 328 g/mol. The first-order valence-corrected chi connectivity index (χ1v) is 10.0. The predicted molar refractivity (Wildman–Crippen MR) is 93.9 cm³/mol. The van der Waals surface area contributed by atoms with Crippen LogP contribution in [-0.4, -0.2) is 32.9 Å². The van der Waals surface area contributed by atoms with Crippen LogP contribution < -0.4 is 5.32 Å². The van der Waals surface area contributed by atoms with Crippen molar-refractivity contribution in [1.29, 1.82) is 0 Å². The summed E-state index contributed by atoms with van der Waals surface area (Å²) >= 11 is 3.25. The molecule has 0 bridgehead atoms. The molecule has 0 saturated heterocycles. The Morgan fingerprint density at radius 1 is 1.39 bits per heavy atom. The second-order valence-corrected chi connectivity index (χ2v) is 7.92. The number of hydrogen-bond donors (Lipinski definition) is 2. The van der Waals surface area contributed by atoms with Gasteiger partial charge in [-0.05, 0) is 24.3 Å². The van der Waals surface area contributed by atoms with Crippen molar-refractivity contribution in [2.75, 3.05) is 5.75 Å². The SMILES string of the molecule is O=C(CCSc1n[nH]c(Cc2cccs2)n1)NC1CCCCC1. The van der Waals surface area contributed by atoms with Crippen molar-refractivity contribution in [3.8, 4) is 0 Å². The van der Waals surface area contributed by atoms with E-state index in [4.69, 9.17) is 0 Å². The third-order valence-electron chi connectivity index (χ3n) is 3.96. The molecule has 0 aromatic carbocycles. The van der Waals surface area contributed by atoms with Crippen molar-refractivity contribution in [2.45, 2.75) is 56.1 Å². The zero-order chi connectivity index (χ0) is 15.9. The van der Waals surface area contributed by atoms with E-state index >= 15 is 0 Å². The number of H-pyrrole nitrogens is 1. The average molecular weight is 351 g/mol. The molecule has 2 aromatic rings. The minimum absolute atomic E-state index is 0.152. The lowest BCUT2D eigenvalue weighted by molar-refractivity contribution is -0.121. The molecule has 2 N–H and O–H groups in total. The van der Waals surface area contributed by atoms with Gasteiger partial charge in [-0.3, -0.25) is 9.89 Å². The molecule has 1 aliphatic rings. The van der Waals surface area contributed by atoms with Gasteiger partial charge in [0.25, 0.3) is 0 Å². The molecule has 0 aliphatic heterocycles. The molecule has 1 aliphatic carbocycles. The summed E-state index contributed by atoms with van der Waals surface area (Å²) in [5, 5.41) is 13.1. The zero-order valence-electron chi connectivity index (χ0n) is 13.1. The van der Waals surface area contributed by atoms with E-state index in [1.807, 2.05) is 6.07 Å². The van der Waals surface area contributed by atoms with Gasteiger partial charge in [0.15, 0.2) is 0 Å². The van der Waals surface area contributed by atoms with E-state index in [1.54, 1.807) is 11.3 Å². The molecule has 0 atom stereocenters. The summed E-state index contributed by atoms with van der Waals surface area (Å²) < 4.78 is 0. The van der Waals surface area contributed by atoms with Crippen LogP contribution in [-0.2, 0) is 11.2 Å². The van der Waals surface area contributed by atoms with Gasteiger partial charge in [-0.15, -0.1) is 16.4 Å². The van der Waals surface area contributed by atoms with Crippen molar-refractivity contribution < 1.29 is 4.79 Å². The Balaban J connectivity index is 1.37. The number of nitrogens with one attached hydrogen (secondary N) is 2. The summed E-state index contributed by atoms with van der Waals surface area (Å²) in [6.07, 6.45) is 7.36. The van der Waals surface area contributed by atoms with Crippen molar-refractivity contribution in [2.24, 2.45) is 0 Å². The maximum absolute atomic E-state index is 11.9. The molecule has 1 saturated carbocycles. The summed E-state index contributed by atoms with van der Waals surface area (Å²) in [7, 11) is 0. The number of thioether (sulfide) groups is 1. The van der Waals surface area contributed by atoms with Gasteiger partial charge in [-0.25, -0.2) is 4.98 Å². The summed E-state index contributed by atoms with van der Waals surface area (Å²) in [4.78, 5) is 17.7. The smallest absolute Gasteiger partial charge is 0.221 e. The van der Waals surface area contributed by atoms with Gasteiger partial charge in [0.2, 0.25) is 11.1 Å². The monoisotopic (exact) mass is 350 g/mol. The Bertz CT molecular complexity index is 605. The molecule has 1 fully saturated rings. The number of amides is 1. The van der Waals surface area contributed by atoms with Crippen molar-refractivity contribution in [1.82, 2.24) is 20.5 Å². The van der Waals surface area contributed by atoms with E-state index in [2.05, 4.69) is 31.9 Å². The highest BCUT2D eigenvalue weighted by Gasteiger charge is 2.15. The zero-order valence-corrected chi connectivity index (χ0v) is 14.7. The lowest BCUT2D eigenvalue weighted by Crippen LogP contribution is -2.36. The van der Waals surface area contributed by atoms with Gasteiger partial charge in [-0.2, -0.15) is 0 Å². The van der Waals surface area contributed by atoms with Gasteiger partial charge in [0.1, 0.15) is 5.82 Å². The molecule has 5 nitrogen and oxygen atoms in total. The summed E-state index contributed by atoms with van der Waals surface area (Å²) in [6, 6.07) is 4.52. The normalized spacial score (nSPS) is 15.7. The van der Waals surface area contributed by atoms with E-state index < -0.39 is 0 Å². The first-order valence-electron chi connectivity index (χ1n) is 8.15. The van der Waals surface area contributed by atoms with Crippen molar-refractivity contribution in [3.63, 3.8) is 0 Å². The Kier molecular flexibility index (Phi) is 6.10. The molecule has 1 amide bonds. The van der Waals surface area contributed by atoms with E-state index in [-0.39, 0.29) is 5.91 Å².